The zero-order valence-corrected chi connectivity index (χ0v) is 55.8. The van der Waals surface area contributed by atoms with Crippen LogP contribution in [0.5, 0.6) is 0 Å². The Balaban J connectivity index is 3.54. The van der Waals surface area contributed by atoms with Gasteiger partial charge in [-0.25, -0.2) is 0 Å². The van der Waals surface area contributed by atoms with Crippen LogP contribution in [-0.2, 0) is 4.79 Å². The molecule has 0 spiro atoms. The lowest BCUT2D eigenvalue weighted by molar-refractivity contribution is -0.132. The maximum Gasteiger partial charge on any atom is 0.249 e. The summed E-state index contributed by atoms with van der Waals surface area (Å²) in [5.41, 5.74) is 0. The van der Waals surface area contributed by atoms with Crippen LogP contribution in [0, 0.1) is 0 Å². The molecular formula is C76H149NO5. The summed E-state index contributed by atoms with van der Waals surface area (Å²) in [6.07, 6.45) is 90.6. The Morgan fingerprint density at radius 2 is 0.512 bits per heavy atom. The predicted octanol–water partition coefficient (Wildman–Crippen LogP) is 23.7. The van der Waals surface area contributed by atoms with Gasteiger partial charge in [0.2, 0.25) is 5.91 Å². The maximum absolute atomic E-state index is 12.7. The summed E-state index contributed by atoms with van der Waals surface area (Å²) >= 11 is 0. The number of carbonyl (C=O) groups is 1. The molecule has 1 amide bonds. The van der Waals surface area contributed by atoms with Crippen LogP contribution in [0.25, 0.3) is 0 Å². The van der Waals surface area contributed by atoms with Gasteiger partial charge in [0, 0.05) is 0 Å². The molecule has 0 radical (unpaired) electrons. The van der Waals surface area contributed by atoms with E-state index in [1.807, 2.05) is 0 Å². The lowest BCUT2D eigenvalue weighted by Gasteiger charge is -2.27. The molecule has 0 aromatic rings. The highest BCUT2D eigenvalue weighted by atomic mass is 16.3. The summed E-state index contributed by atoms with van der Waals surface area (Å²) in [5.74, 6) is -0.588. The number of nitrogens with one attached hydrogen (secondary N) is 1. The lowest BCUT2D eigenvalue weighted by atomic mass is 10.00. The molecule has 0 aliphatic carbocycles. The summed E-state index contributed by atoms with van der Waals surface area (Å²) in [5, 5.41) is 44.2. The van der Waals surface area contributed by atoms with E-state index in [4.69, 9.17) is 0 Å². The normalized spacial score (nSPS) is 13.5. The number of carbonyl (C=O) groups excluding carboxylic acids is 1. The number of rotatable bonds is 71. The molecule has 0 saturated carbocycles. The third-order valence-electron chi connectivity index (χ3n) is 18.1. The minimum atomic E-state index is -1.29. The van der Waals surface area contributed by atoms with E-state index in [-0.39, 0.29) is 0 Å². The highest BCUT2D eigenvalue weighted by Gasteiger charge is 2.28. The Kier molecular flexibility index (Phi) is 69.5. The van der Waals surface area contributed by atoms with E-state index >= 15 is 0 Å². The number of aliphatic hydroxyl groups excluding tert-OH is 4. The number of aliphatic hydroxyl groups is 4. The van der Waals surface area contributed by atoms with Crippen molar-refractivity contribution in [1.82, 2.24) is 5.32 Å². The average Bonchev–Trinajstić information content (AvgIpc) is 3.48. The fourth-order valence-electron chi connectivity index (χ4n) is 12.3. The summed E-state index contributed by atoms with van der Waals surface area (Å²) in [6.45, 7) is 4.10. The van der Waals surface area contributed by atoms with E-state index in [0.29, 0.717) is 19.3 Å². The molecule has 0 rings (SSSR count). The van der Waals surface area contributed by atoms with Crippen molar-refractivity contribution in [2.75, 3.05) is 6.61 Å². The van der Waals surface area contributed by atoms with Crippen LogP contribution in [0.1, 0.15) is 425 Å². The molecule has 82 heavy (non-hydrogen) atoms. The van der Waals surface area contributed by atoms with Crippen LogP contribution in [-0.4, -0.2) is 57.3 Å². The van der Waals surface area contributed by atoms with Crippen LogP contribution in [0.2, 0.25) is 0 Å². The number of hydrogen-bond donors (Lipinski definition) is 5. The predicted molar refractivity (Wildman–Crippen MR) is 362 cm³/mol. The Morgan fingerprint density at radius 1 is 0.293 bits per heavy atom. The quantitative estimate of drug-likeness (QED) is 0.0308. The Morgan fingerprint density at radius 3 is 0.768 bits per heavy atom. The summed E-state index contributed by atoms with van der Waals surface area (Å²) < 4.78 is 0. The molecule has 6 nitrogen and oxygen atoms in total. The van der Waals surface area contributed by atoms with Crippen LogP contribution >= 0.6 is 0 Å². The first-order valence-corrected chi connectivity index (χ1v) is 37.7. The highest BCUT2D eigenvalue weighted by molar-refractivity contribution is 5.80. The van der Waals surface area contributed by atoms with Gasteiger partial charge in [-0.2, -0.15) is 0 Å². The smallest absolute Gasteiger partial charge is 0.249 e. The van der Waals surface area contributed by atoms with E-state index in [1.54, 1.807) is 0 Å². The molecule has 0 aromatic carbocycles. The van der Waals surface area contributed by atoms with Gasteiger partial charge in [0.15, 0.2) is 0 Å². The van der Waals surface area contributed by atoms with Crippen molar-refractivity contribution >= 4 is 5.91 Å². The second-order valence-corrected chi connectivity index (χ2v) is 26.3. The van der Waals surface area contributed by atoms with Gasteiger partial charge in [0.25, 0.3) is 0 Å². The average molecular weight is 1160 g/mol. The molecule has 6 heteroatoms. The molecule has 0 aliphatic rings. The van der Waals surface area contributed by atoms with Gasteiger partial charge in [0.05, 0.1) is 18.8 Å². The molecule has 4 atom stereocenters. The van der Waals surface area contributed by atoms with Gasteiger partial charge < -0.3 is 25.7 Å². The van der Waals surface area contributed by atoms with Gasteiger partial charge in [-0.1, -0.05) is 398 Å². The molecule has 0 saturated heterocycles. The minimum absolute atomic E-state index is 0.365. The highest BCUT2D eigenvalue weighted by Crippen LogP contribution is 2.20. The summed E-state index contributed by atoms with van der Waals surface area (Å²) in [7, 11) is 0. The molecule has 0 aliphatic heterocycles. The Hall–Kier alpha value is -1.21. The summed E-state index contributed by atoms with van der Waals surface area (Å²) in [4.78, 5) is 12.7. The number of hydrogen-bond acceptors (Lipinski definition) is 5. The van der Waals surface area contributed by atoms with Crippen molar-refractivity contribution in [3.8, 4) is 0 Å². The second-order valence-electron chi connectivity index (χ2n) is 26.3. The first-order valence-electron chi connectivity index (χ1n) is 37.7. The van der Waals surface area contributed by atoms with E-state index in [9.17, 15) is 25.2 Å². The third kappa shape index (κ3) is 63.3. The van der Waals surface area contributed by atoms with Gasteiger partial charge >= 0.3 is 0 Å². The standard InChI is InChI=1S/C76H149NO5/c1-3-5-7-9-11-13-15-17-19-21-23-25-27-29-31-33-35-37-38-40-42-44-46-48-50-52-54-56-58-60-62-64-66-68-70-74(80)76(82)77-72(71-78)75(81)73(79)69-67-65-63-61-59-57-55-53-51-49-47-45-43-41-39-36-34-32-30-28-26-24-22-20-18-16-14-12-10-8-6-4-2/h53,55,61,63,72-75,78-81H,3-52,54,56-60,62,64-71H2,1-2H3,(H,77,82)/b55-53+,63-61+. The zero-order valence-electron chi connectivity index (χ0n) is 55.8. The largest absolute Gasteiger partial charge is 0.394 e. The van der Waals surface area contributed by atoms with Crippen LogP contribution in [0.4, 0.5) is 0 Å². The van der Waals surface area contributed by atoms with Gasteiger partial charge in [-0.15, -0.1) is 0 Å². The SMILES string of the molecule is CCCCCCCCCCCCCCCCCCCCCCCCC/C=C/CC/C=C/CCCC(O)C(O)C(CO)NC(=O)C(O)CCCCCCCCCCCCCCCCCCCCCCCCCCCCCCCCCCCC. The minimum Gasteiger partial charge on any atom is -0.394 e. The Labute approximate surface area is 514 Å². The van der Waals surface area contributed by atoms with Crippen molar-refractivity contribution in [2.45, 2.75) is 449 Å². The van der Waals surface area contributed by atoms with Crippen LogP contribution in [0.15, 0.2) is 24.3 Å². The van der Waals surface area contributed by atoms with Gasteiger partial charge in [0.1, 0.15) is 12.2 Å². The number of allylic oxidation sites excluding steroid dienone is 4. The van der Waals surface area contributed by atoms with Crippen LogP contribution in [0.3, 0.4) is 0 Å². The monoisotopic (exact) mass is 1160 g/mol. The fourth-order valence-corrected chi connectivity index (χ4v) is 12.3. The maximum atomic E-state index is 12.7. The van der Waals surface area contributed by atoms with Crippen molar-refractivity contribution in [1.29, 1.82) is 0 Å². The van der Waals surface area contributed by atoms with Crippen molar-refractivity contribution in [3.63, 3.8) is 0 Å². The number of amides is 1. The number of unbranched alkanes of at least 4 members (excludes halogenated alkanes) is 58. The molecule has 0 fully saturated rings. The van der Waals surface area contributed by atoms with Crippen molar-refractivity contribution < 1.29 is 25.2 Å². The molecule has 488 valence electrons. The molecule has 5 N–H and O–H groups in total. The van der Waals surface area contributed by atoms with Crippen molar-refractivity contribution in [2.24, 2.45) is 0 Å². The lowest BCUT2D eigenvalue weighted by Crippen LogP contribution is -2.53. The van der Waals surface area contributed by atoms with E-state index in [2.05, 4.69) is 43.5 Å². The molecular weight excluding hydrogens is 1010 g/mol. The zero-order chi connectivity index (χ0) is 59.4. The van der Waals surface area contributed by atoms with E-state index in [1.165, 1.54) is 353 Å². The van der Waals surface area contributed by atoms with Gasteiger partial charge in [-0.3, -0.25) is 4.79 Å². The van der Waals surface area contributed by atoms with Crippen molar-refractivity contribution in [3.05, 3.63) is 24.3 Å². The van der Waals surface area contributed by atoms with Crippen LogP contribution < -0.4 is 5.32 Å². The topological polar surface area (TPSA) is 110 Å². The molecule has 0 bridgehead atoms. The molecule has 0 heterocycles. The first kappa shape index (κ1) is 80.8. The van der Waals surface area contributed by atoms with E-state index < -0.39 is 36.9 Å². The fraction of sp³-hybridized carbons (Fsp3) is 0.934. The molecule has 0 aromatic heterocycles. The Bertz CT molecular complexity index is 1260. The first-order chi connectivity index (χ1) is 40.5. The van der Waals surface area contributed by atoms with E-state index in [0.717, 1.165) is 38.5 Å². The molecule has 4 unspecified atom stereocenters. The summed E-state index contributed by atoms with van der Waals surface area (Å²) in [6, 6.07) is -1.01. The third-order valence-corrected chi connectivity index (χ3v) is 18.1. The second kappa shape index (κ2) is 70.6. The van der Waals surface area contributed by atoms with Gasteiger partial charge in [-0.05, 0) is 51.4 Å².